The van der Waals surface area contributed by atoms with Gasteiger partial charge in [0.15, 0.2) is 6.20 Å². The zero-order valence-electron chi connectivity index (χ0n) is 12.3. The Balaban J connectivity index is 2.24. The van der Waals surface area contributed by atoms with Gasteiger partial charge in [-0.1, -0.05) is 11.8 Å². The second-order valence-corrected chi connectivity index (χ2v) is 5.86. The molecule has 2 rings (SSSR count). The maximum absolute atomic E-state index is 11.6. The number of non-ortho nitro benzene ring substituents is 1. The summed E-state index contributed by atoms with van der Waals surface area (Å²) in [6.07, 6.45) is 1.38. The Morgan fingerprint density at radius 2 is 2.09 bits per heavy atom. The quantitative estimate of drug-likeness (QED) is 0.268. The van der Waals surface area contributed by atoms with E-state index < -0.39 is 4.92 Å². The van der Waals surface area contributed by atoms with Crippen LogP contribution >= 0.6 is 11.8 Å². The molecule has 1 heterocycles. The molecule has 0 amide bonds. The molecule has 22 heavy (non-hydrogen) atoms. The van der Waals surface area contributed by atoms with E-state index >= 15 is 0 Å². The zero-order valence-corrected chi connectivity index (χ0v) is 13.1. The second kappa shape index (κ2) is 7.13. The predicted octanol–water partition coefficient (Wildman–Crippen LogP) is 3.31. The molecule has 0 aliphatic heterocycles. The molecule has 0 fully saturated rings. The average molecular weight is 320 g/mol. The molecule has 116 valence electrons. The van der Waals surface area contributed by atoms with E-state index in [-0.39, 0.29) is 11.8 Å². The zero-order chi connectivity index (χ0) is 16.1. The van der Waals surface area contributed by atoms with Gasteiger partial charge in [0, 0.05) is 35.6 Å². The third-order valence-corrected chi connectivity index (χ3v) is 3.85. The van der Waals surface area contributed by atoms with Gasteiger partial charge in [-0.3, -0.25) is 10.1 Å². The Hall–Kier alpha value is -2.28. The van der Waals surface area contributed by atoms with Gasteiger partial charge in [-0.25, -0.2) is 0 Å². The first-order valence-electron chi connectivity index (χ1n) is 6.72. The van der Waals surface area contributed by atoms with Crippen LogP contribution in [0.1, 0.15) is 19.4 Å². The molecule has 0 unspecified atom stereocenters. The highest BCUT2D eigenvalue weighted by Gasteiger charge is 2.15. The highest BCUT2D eigenvalue weighted by Crippen LogP contribution is 2.30. The molecule has 7 heteroatoms. The molecular formula is C15H16N2O4S. The lowest BCUT2D eigenvalue weighted by molar-refractivity contribution is -0.645. The van der Waals surface area contributed by atoms with Gasteiger partial charge in [0.2, 0.25) is 0 Å². The summed E-state index contributed by atoms with van der Waals surface area (Å²) in [5, 5.41) is 23.1. The van der Waals surface area contributed by atoms with E-state index in [9.17, 15) is 15.3 Å². The van der Waals surface area contributed by atoms with Crippen LogP contribution in [0.3, 0.4) is 0 Å². The van der Waals surface area contributed by atoms with Crippen LogP contribution in [0.4, 0.5) is 5.69 Å². The number of nitrogens with zero attached hydrogens (tertiary/aromatic N) is 2. The highest BCUT2D eigenvalue weighted by atomic mass is 32.2. The highest BCUT2D eigenvalue weighted by molar-refractivity contribution is 7.98. The number of nitro groups is 1. The van der Waals surface area contributed by atoms with E-state index in [1.54, 1.807) is 24.3 Å². The first-order chi connectivity index (χ1) is 10.5. The smallest absolute Gasteiger partial charge is 0.270 e. The van der Waals surface area contributed by atoms with Gasteiger partial charge >= 0.3 is 0 Å². The lowest BCUT2D eigenvalue weighted by Crippen LogP contribution is -2.27. The third kappa shape index (κ3) is 4.11. The molecule has 2 aromatic rings. The number of aromatic nitrogens is 1. The van der Waals surface area contributed by atoms with Gasteiger partial charge in [-0.2, -0.15) is 4.73 Å². The lowest BCUT2D eigenvalue weighted by Gasteiger charge is -2.13. The van der Waals surface area contributed by atoms with Crippen molar-refractivity contribution in [2.45, 2.75) is 30.7 Å². The number of pyridine rings is 1. The lowest BCUT2D eigenvalue weighted by atomic mass is 10.2. The van der Waals surface area contributed by atoms with Crippen molar-refractivity contribution in [3.8, 4) is 5.75 Å². The average Bonchev–Trinajstić information content (AvgIpc) is 2.47. The molecule has 0 saturated carbocycles. The van der Waals surface area contributed by atoms with Gasteiger partial charge in [0.25, 0.3) is 10.7 Å². The third-order valence-electron chi connectivity index (χ3n) is 2.78. The monoisotopic (exact) mass is 320 g/mol. The fraction of sp³-hybridized carbons (Fsp3) is 0.267. The molecule has 0 radical (unpaired) electrons. The number of hydrogen-bond acceptors (Lipinski definition) is 5. The number of benzene rings is 1. The van der Waals surface area contributed by atoms with Gasteiger partial charge in [0.1, 0.15) is 5.75 Å². The summed E-state index contributed by atoms with van der Waals surface area (Å²) < 4.78 is 6.45. The van der Waals surface area contributed by atoms with Gasteiger partial charge in [-0.15, -0.1) is 0 Å². The predicted molar refractivity (Wildman–Crippen MR) is 83.8 cm³/mol. The van der Waals surface area contributed by atoms with Crippen molar-refractivity contribution in [2.75, 3.05) is 0 Å². The molecular weight excluding hydrogens is 304 g/mol. The molecule has 6 nitrogen and oxygen atoms in total. The van der Waals surface area contributed by atoms with Crippen molar-refractivity contribution in [3.05, 3.63) is 63.5 Å². The molecule has 0 atom stereocenters. The molecule has 0 spiro atoms. The topological polar surface area (TPSA) is 79.3 Å². The number of hydrogen-bond donors (Lipinski definition) is 0. The maximum Gasteiger partial charge on any atom is 0.270 e. The van der Waals surface area contributed by atoms with E-state index in [0.29, 0.717) is 22.1 Å². The number of ether oxygens (including phenoxy) is 1. The van der Waals surface area contributed by atoms with Crippen molar-refractivity contribution >= 4 is 17.4 Å². The second-order valence-electron chi connectivity index (χ2n) is 4.87. The fourth-order valence-electron chi connectivity index (χ4n) is 1.84. The summed E-state index contributed by atoms with van der Waals surface area (Å²) in [7, 11) is 0. The summed E-state index contributed by atoms with van der Waals surface area (Å²) in [5.41, 5.74) is 0.700. The molecule has 1 aromatic carbocycles. The van der Waals surface area contributed by atoms with E-state index in [4.69, 9.17) is 4.74 Å². The maximum atomic E-state index is 11.6. The fourth-order valence-corrected chi connectivity index (χ4v) is 2.73. The Morgan fingerprint density at radius 3 is 2.73 bits per heavy atom. The molecule has 0 bridgehead atoms. The molecule has 1 aromatic heterocycles. The van der Waals surface area contributed by atoms with Crippen molar-refractivity contribution in [1.29, 1.82) is 0 Å². The van der Waals surface area contributed by atoms with E-state index in [1.807, 2.05) is 13.8 Å². The van der Waals surface area contributed by atoms with Crippen LogP contribution in [0.5, 0.6) is 5.75 Å². The summed E-state index contributed by atoms with van der Waals surface area (Å²) in [5.74, 6) is 1.01. The van der Waals surface area contributed by atoms with Crippen LogP contribution in [0.25, 0.3) is 0 Å². The largest absolute Gasteiger partial charge is 0.618 e. The molecule has 0 aliphatic rings. The van der Waals surface area contributed by atoms with Crippen molar-refractivity contribution < 1.29 is 14.4 Å². The van der Waals surface area contributed by atoms with Crippen molar-refractivity contribution in [1.82, 2.24) is 0 Å². The SMILES string of the molecule is CC(C)Oc1ccc([N+](=O)[O-])cc1CSc1cccc[n+]1[O-]. The molecule has 0 aliphatic carbocycles. The van der Waals surface area contributed by atoms with Gasteiger partial charge in [0.05, 0.1) is 11.0 Å². The van der Waals surface area contributed by atoms with Crippen LogP contribution in [0, 0.1) is 15.3 Å². The molecule has 0 saturated heterocycles. The number of nitro benzene ring substituents is 1. The Bertz CT molecular complexity index is 676. The van der Waals surface area contributed by atoms with Crippen molar-refractivity contribution in [3.63, 3.8) is 0 Å². The van der Waals surface area contributed by atoms with Crippen molar-refractivity contribution in [2.24, 2.45) is 0 Å². The minimum Gasteiger partial charge on any atom is -0.618 e. The Labute approximate surface area is 132 Å². The number of rotatable bonds is 6. The van der Waals surface area contributed by atoms with Gasteiger partial charge in [-0.05, 0) is 26.0 Å². The van der Waals surface area contributed by atoms with Crippen LogP contribution in [0.2, 0.25) is 0 Å². The first-order valence-corrected chi connectivity index (χ1v) is 7.71. The summed E-state index contributed by atoms with van der Waals surface area (Å²) >= 11 is 1.31. The minimum absolute atomic E-state index is 0.00904. The molecule has 0 N–H and O–H groups in total. The van der Waals surface area contributed by atoms with Crippen LogP contribution in [0.15, 0.2) is 47.6 Å². The standard InChI is InChI=1S/C15H16N2O4S/c1-11(2)21-14-7-6-13(17(19)20)9-12(14)10-22-15-5-3-4-8-16(15)18/h3-9,11H,10H2,1-2H3. The Kier molecular flexibility index (Phi) is 5.21. The van der Waals surface area contributed by atoms with Gasteiger partial charge < -0.3 is 9.94 Å². The summed E-state index contributed by atoms with van der Waals surface area (Å²) in [6, 6.07) is 9.64. The van der Waals surface area contributed by atoms with Crippen LogP contribution in [-0.2, 0) is 5.75 Å². The Morgan fingerprint density at radius 1 is 1.32 bits per heavy atom. The number of thioether (sulfide) groups is 1. The first kappa shape index (κ1) is 16.1. The van der Waals surface area contributed by atoms with Crippen LogP contribution < -0.4 is 9.47 Å². The van der Waals surface area contributed by atoms with E-state index in [2.05, 4.69) is 0 Å². The van der Waals surface area contributed by atoms with Crippen LogP contribution in [-0.4, -0.2) is 11.0 Å². The van der Waals surface area contributed by atoms with E-state index in [0.717, 1.165) is 4.73 Å². The summed E-state index contributed by atoms with van der Waals surface area (Å²) in [4.78, 5) is 10.5. The minimum atomic E-state index is -0.441. The summed E-state index contributed by atoms with van der Waals surface area (Å²) in [6.45, 7) is 3.78. The normalized spacial score (nSPS) is 10.7. The van der Waals surface area contributed by atoms with E-state index in [1.165, 1.54) is 30.1 Å².